The molecule has 5 nitrogen and oxygen atoms in total. The second-order valence-electron chi connectivity index (χ2n) is 3.72. The highest BCUT2D eigenvalue weighted by molar-refractivity contribution is 5.86. The molecular weight excluding hydrogens is 210 g/mol. The number of hydrogen-bond donors (Lipinski definition) is 0. The normalized spacial score (nSPS) is 17.3. The lowest BCUT2D eigenvalue weighted by molar-refractivity contribution is 0.0479. The molecule has 0 saturated carbocycles. The van der Waals surface area contributed by atoms with Crippen LogP contribution in [0.25, 0.3) is 0 Å². The Morgan fingerprint density at radius 3 is 3.00 bits per heavy atom. The van der Waals surface area contributed by atoms with E-state index in [0.29, 0.717) is 12.5 Å². The molecule has 2 rings (SSSR count). The lowest BCUT2D eigenvalue weighted by Crippen LogP contribution is -2.14. The zero-order valence-corrected chi connectivity index (χ0v) is 9.27. The van der Waals surface area contributed by atoms with Crippen molar-refractivity contribution in [3.63, 3.8) is 0 Å². The maximum atomic E-state index is 11.4. The summed E-state index contributed by atoms with van der Waals surface area (Å²) in [4.78, 5) is 11.4. The monoisotopic (exact) mass is 225 g/mol. The lowest BCUT2D eigenvalue weighted by atomic mass is 9.96. The van der Waals surface area contributed by atoms with Gasteiger partial charge in [-0.2, -0.15) is 0 Å². The van der Waals surface area contributed by atoms with Gasteiger partial charge in [0.1, 0.15) is 0 Å². The topological polar surface area (TPSA) is 61.6 Å². The minimum absolute atomic E-state index is 0.184. The quantitative estimate of drug-likeness (QED) is 0.733. The summed E-state index contributed by atoms with van der Waals surface area (Å²) in [6.07, 6.45) is 1.85. The third-order valence-corrected chi connectivity index (χ3v) is 2.64. The Kier molecular flexibility index (Phi) is 3.56. The van der Waals surface area contributed by atoms with Crippen LogP contribution in [0.2, 0.25) is 0 Å². The number of aromatic nitrogens is 1. The molecule has 1 aliphatic heterocycles. The number of rotatable bonds is 3. The Balaban J connectivity index is 2.03. The van der Waals surface area contributed by atoms with Crippen LogP contribution in [-0.2, 0) is 9.47 Å². The van der Waals surface area contributed by atoms with Crippen LogP contribution in [0.4, 0.5) is 0 Å². The zero-order valence-electron chi connectivity index (χ0n) is 9.27. The van der Waals surface area contributed by atoms with E-state index in [1.807, 2.05) is 0 Å². The molecule has 0 unspecified atom stereocenters. The van der Waals surface area contributed by atoms with Crippen molar-refractivity contribution in [1.82, 2.24) is 5.16 Å². The summed E-state index contributed by atoms with van der Waals surface area (Å²) in [6, 6.07) is 1.67. The number of ether oxygens (including phenoxy) is 2. The van der Waals surface area contributed by atoms with Gasteiger partial charge in [-0.1, -0.05) is 5.16 Å². The summed E-state index contributed by atoms with van der Waals surface area (Å²) < 4.78 is 15.1. The minimum Gasteiger partial charge on any atom is -0.460 e. The van der Waals surface area contributed by atoms with Crippen LogP contribution < -0.4 is 0 Å². The van der Waals surface area contributed by atoms with E-state index in [1.54, 1.807) is 13.0 Å². The average molecular weight is 225 g/mol. The third-order valence-electron chi connectivity index (χ3n) is 2.64. The maximum absolute atomic E-state index is 11.4. The molecule has 5 heteroatoms. The molecule has 0 bridgehead atoms. The van der Waals surface area contributed by atoms with Crippen molar-refractivity contribution in [2.24, 2.45) is 0 Å². The van der Waals surface area contributed by atoms with Gasteiger partial charge in [0.15, 0.2) is 0 Å². The molecule has 0 aromatic carbocycles. The van der Waals surface area contributed by atoms with Crippen molar-refractivity contribution < 1.29 is 18.8 Å². The Labute approximate surface area is 93.7 Å². The van der Waals surface area contributed by atoms with Crippen LogP contribution in [0.1, 0.15) is 41.9 Å². The first-order valence-corrected chi connectivity index (χ1v) is 5.52. The predicted molar refractivity (Wildman–Crippen MR) is 55.3 cm³/mol. The minimum atomic E-state index is -0.451. The van der Waals surface area contributed by atoms with E-state index >= 15 is 0 Å². The Morgan fingerprint density at radius 2 is 2.31 bits per heavy atom. The number of hydrogen-bond acceptors (Lipinski definition) is 5. The van der Waals surface area contributed by atoms with E-state index in [9.17, 15) is 4.79 Å². The average Bonchev–Trinajstić information content (AvgIpc) is 2.80. The Hall–Kier alpha value is -1.36. The highest BCUT2D eigenvalue weighted by Gasteiger charge is 2.22. The maximum Gasteiger partial charge on any atom is 0.377 e. The van der Waals surface area contributed by atoms with Gasteiger partial charge in [0.05, 0.1) is 12.3 Å². The van der Waals surface area contributed by atoms with Gasteiger partial charge < -0.3 is 14.0 Å². The number of nitrogens with zero attached hydrogens (tertiary/aromatic N) is 1. The van der Waals surface area contributed by atoms with Gasteiger partial charge >= 0.3 is 5.97 Å². The van der Waals surface area contributed by atoms with E-state index in [2.05, 4.69) is 5.16 Å². The molecule has 0 spiro atoms. The van der Waals surface area contributed by atoms with Crippen LogP contribution in [0.5, 0.6) is 0 Å². The summed E-state index contributed by atoms with van der Waals surface area (Å²) >= 11 is 0. The van der Waals surface area contributed by atoms with E-state index in [-0.39, 0.29) is 5.76 Å². The van der Waals surface area contributed by atoms with E-state index < -0.39 is 5.97 Å². The van der Waals surface area contributed by atoms with Crippen molar-refractivity contribution in [2.75, 3.05) is 19.8 Å². The highest BCUT2D eigenvalue weighted by Crippen LogP contribution is 2.26. The van der Waals surface area contributed by atoms with Crippen molar-refractivity contribution in [1.29, 1.82) is 0 Å². The van der Waals surface area contributed by atoms with Crippen molar-refractivity contribution in [3.05, 3.63) is 17.5 Å². The first-order chi connectivity index (χ1) is 7.81. The highest BCUT2D eigenvalue weighted by atomic mass is 16.6. The smallest absolute Gasteiger partial charge is 0.377 e. The molecule has 0 aliphatic carbocycles. The second-order valence-corrected chi connectivity index (χ2v) is 3.72. The Bertz CT molecular complexity index is 355. The molecule has 0 amide bonds. The standard InChI is InChI=1S/C11H15NO4/c1-2-15-11(13)10-7-9(12-16-10)8-3-5-14-6-4-8/h7-8H,2-6H2,1H3. The fourth-order valence-corrected chi connectivity index (χ4v) is 1.77. The molecule has 0 atom stereocenters. The van der Waals surface area contributed by atoms with Crippen LogP contribution in [0.15, 0.2) is 10.6 Å². The molecule has 2 heterocycles. The lowest BCUT2D eigenvalue weighted by Gasteiger charge is -2.19. The fourth-order valence-electron chi connectivity index (χ4n) is 1.77. The molecule has 1 fully saturated rings. The molecule has 1 aromatic rings. The van der Waals surface area contributed by atoms with E-state index in [0.717, 1.165) is 31.7 Å². The van der Waals surface area contributed by atoms with Gasteiger partial charge in [0.2, 0.25) is 5.76 Å². The number of carbonyl (C=O) groups excluding carboxylic acids is 1. The first-order valence-electron chi connectivity index (χ1n) is 5.52. The van der Waals surface area contributed by atoms with E-state index in [1.165, 1.54) is 0 Å². The van der Waals surface area contributed by atoms with Gasteiger partial charge in [-0.3, -0.25) is 0 Å². The third kappa shape index (κ3) is 2.41. The van der Waals surface area contributed by atoms with Crippen LogP contribution in [-0.4, -0.2) is 30.9 Å². The van der Waals surface area contributed by atoms with Gasteiger partial charge in [-0.15, -0.1) is 0 Å². The molecule has 0 N–H and O–H groups in total. The van der Waals surface area contributed by atoms with Crippen LogP contribution >= 0.6 is 0 Å². The van der Waals surface area contributed by atoms with Gasteiger partial charge in [-0.05, 0) is 19.8 Å². The molecule has 1 aromatic heterocycles. The summed E-state index contributed by atoms with van der Waals surface area (Å²) in [5.74, 6) is 0.0670. The molecule has 0 radical (unpaired) electrons. The first kappa shape index (κ1) is 11.1. The zero-order chi connectivity index (χ0) is 11.4. The predicted octanol–water partition coefficient (Wildman–Crippen LogP) is 1.75. The molecular formula is C11H15NO4. The van der Waals surface area contributed by atoms with Crippen molar-refractivity contribution in [3.8, 4) is 0 Å². The van der Waals surface area contributed by atoms with Crippen molar-refractivity contribution in [2.45, 2.75) is 25.7 Å². The van der Waals surface area contributed by atoms with Crippen molar-refractivity contribution >= 4 is 5.97 Å². The van der Waals surface area contributed by atoms with Gasteiger partial charge in [-0.25, -0.2) is 4.79 Å². The number of carbonyl (C=O) groups is 1. The summed E-state index contributed by atoms with van der Waals surface area (Å²) in [6.45, 7) is 3.58. The molecule has 16 heavy (non-hydrogen) atoms. The number of esters is 1. The fraction of sp³-hybridized carbons (Fsp3) is 0.636. The Morgan fingerprint density at radius 1 is 1.56 bits per heavy atom. The van der Waals surface area contributed by atoms with Crippen LogP contribution in [0.3, 0.4) is 0 Å². The van der Waals surface area contributed by atoms with Crippen LogP contribution in [0, 0.1) is 0 Å². The summed E-state index contributed by atoms with van der Waals surface area (Å²) in [7, 11) is 0. The summed E-state index contributed by atoms with van der Waals surface area (Å²) in [5, 5.41) is 3.91. The van der Waals surface area contributed by atoms with Gasteiger partial charge in [0.25, 0.3) is 0 Å². The second kappa shape index (κ2) is 5.12. The summed E-state index contributed by atoms with van der Waals surface area (Å²) in [5.41, 5.74) is 0.825. The van der Waals surface area contributed by atoms with E-state index in [4.69, 9.17) is 14.0 Å². The molecule has 88 valence electrons. The van der Waals surface area contributed by atoms with Gasteiger partial charge in [0, 0.05) is 25.2 Å². The largest absolute Gasteiger partial charge is 0.460 e. The molecule has 1 saturated heterocycles. The molecule has 1 aliphatic rings. The SMILES string of the molecule is CCOC(=O)c1cc(C2CCOCC2)no1.